The minimum Gasteiger partial charge on any atom is -0.309 e. The van der Waals surface area contributed by atoms with Crippen molar-refractivity contribution in [2.75, 3.05) is 0 Å². The van der Waals surface area contributed by atoms with Crippen LogP contribution in [0.5, 0.6) is 0 Å². The Morgan fingerprint density at radius 2 is 0.864 bits per heavy atom. The lowest BCUT2D eigenvalue weighted by molar-refractivity contribution is 1.08. The van der Waals surface area contributed by atoms with Crippen LogP contribution in [0, 0.1) is 0 Å². The van der Waals surface area contributed by atoms with Crippen molar-refractivity contribution < 1.29 is 0 Å². The van der Waals surface area contributed by atoms with Gasteiger partial charge in [0.25, 0.3) is 0 Å². The Kier molecular flexibility index (Phi) is 7.50. The van der Waals surface area contributed by atoms with Crippen LogP contribution in [0.25, 0.3) is 116 Å². The molecule has 0 saturated heterocycles. The van der Waals surface area contributed by atoms with Crippen LogP contribution in [-0.4, -0.2) is 19.5 Å². The molecule has 0 aliphatic carbocycles. The molecular formula is C55H34N4. The zero-order valence-electron chi connectivity index (χ0n) is 31.9. The van der Waals surface area contributed by atoms with E-state index in [4.69, 9.17) is 15.0 Å². The molecule has 274 valence electrons. The molecule has 2 aromatic heterocycles. The Morgan fingerprint density at radius 3 is 1.66 bits per heavy atom. The third-order valence-corrected chi connectivity index (χ3v) is 11.8. The summed E-state index contributed by atoms with van der Waals surface area (Å²) in [6.07, 6.45) is 0. The monoisotopic (exact) mass is 750 g/mol. The fourth-order valence-corrected chi connectivity index (χ4v) is 9.03. The second kappa shape index (κ2) is 13.3. The Morgan fingerprint density at radius 1 is 0.288 bits per heavy atom. The summed E-state index contributed by atoms with van der Waals surface area (Å²) in [5, 5.41) is 11.7. The summed E-state index contributed by atoms with van der Waals surface area (Å²) in [7, 11) is 0. The van der Waals surface area contributed by atoms with Gasteiger partial charge in [-0.1, -0.05) is 176 Å². The van der Waals surface area contributed by atoms with Crippen LogP contribution in [-0.2, 0) is 0 Å². The molecule has 0 aliphatic heterocycles. The zero-order chi connectivity index (χ0) is 38.9. The Bertz CT molecular complexity index is 3620. The summed E-state index contributed by atoms with van der Waals surface area (Å²) in [5.41, 5.74) is 8.43. The molecule has 12 rings (SSSR count). The second-order valence-electron chi connectivity index (χ2n) is 15.2. The van der Waals surface area contributed by atoms with E-state index < -0.39 is 0 Å². The Balaban J connectivity index is 1.22. The molecule has 0 fully saturated rings. The van der Waals surface area contributed by atoms with Crippen LogP contribution in [0.3, 0.4) is 0 Å². The largest absolute Gasteiger partial charge is 0.309 e. The molecule has 0 amide bonds. The molecule has 10 aromatic carbocycles. The quantitative estimate of drug-likeness (QED) is 0.176. The highest BCUT2D eigenvalue weighted by Gasteiger charge is 2.24. The molecule has 0 saturated carbocycles. The van der Waals surface area contributed by atoms with Crippen molar-refractivity contribution in [2.24, 2.45) is 0 Å². The van der Waals surface area contributed by atoms with Gasteiger partial charge in [-0.05, 0) is 79.2 Å². The van der Waals surface area contributed by atoms with Crippen molar-refractivity contribution in [3.05, 3.63) is 206 Å². The minimum absolute atomic E-state index is 0.626. The molecule has 2 heterocycles. The van der Waals surface area contributed by atoms with Gasteiger partial charge < -0.3 is 4.57 Å². The third-order valence-electron chi connectivity index (χ3n) is 11.8. The van der Waals surface area contributed by atoms with Crippen LogP contribution in [0.1, 0.15) is 0 Å². The van der Waals surface area contributed by atoms with Gasteiger partial charge in [0, 0.05) is 32.8 Å². The van der Waals surface area contributed by atoms with Gasteiger partial charge in [-0.3, -0.25) is 0 Å². The molecule has 59 heavy (non-hydrogen) atoms. The molecular weight excluding hydrogens is 717 g/mol. The first-order valence-corrected chi connectivity index (χ1v) is 20.0. The number of benzene rings is 10. The van der Waals surface area contributed by atoms with E-state index in [2.05, 4.69) is 193 Å². The van der Waals surface area contributed by atoms with Gasteiger partial charge in [-0.15, -0.1) is 0 Å². The molecule has 0 atom stereocenters. The van der Waals surface area contributed by atoms with E-state index in [9.17, 15) is 0 Å². The van der Waals surface area contributed by atoms with E-state index in [1.807, 2.05) is 18.2 Å². The van der Waals surface area contributed by atoms with E-state index in [-0.39, 0.29) is 0 Å². The standard InChI is InChI=1S/C55H34N4/c1-2-17-37(18-3-1)53-56-54(41-30-29-35-15-4-5-19-38(35)31-41)58-55(57-53)52-46-26-11-10-24-44(46)51(34-48(52)43-27-14-22-36-16-8-9-23-42(36)43)59-49-28-13-12-25-45(49)47-32-39-20-6-7-21-40(39)33-50(47)59/h1-34H. The minimum atomic E-state index is 0.626. The summed E-state index contributed by atoms with van der Waals surface area (Å²) >= 11 is 0. The lowest BCUT2D eigenvalue weighted by atomic mass is 9.89. The molecule has 0 N–H and O–H groups in total. The summed E-state index contributed by atoms with van der Waals surface area (Å²) in [5.74, 6) is 1.89. The van der Waals surface area contributed by atoms with Gasteiger partial charge in [0.2, 0.25) is 0 Å². The van der Waals surface area contributed by atoms with Gasteiger partial charge in [0.05, 0.1) is 16.7 Å². The number of hydrogen-bond acceptors (Lipinski definition) is 3. The SMILES string of the molecule is c1ccc(-c2nc(-c3ccc4ccccc4c3)nc(-c3c(-c4cccc5ccccc45)cc(-n4c5ccccc5c5cc6ccccc6cc54)c4ccccc34)n2)cc1. The highest BCUT2D eigenvalue weighted by Crippen LogP contribution is 2.45. The van der Waals surface area contributed by atoms with Crippen LogP contribution in [0.4, 0.5) is 0 Å². The third kappa shape index (κ3) is 5.42. The zero-order valence-corrected chi connectivity index (χ0v) is 31.9. The first-order valence-electron chi connectivity index (χ1n) is 20.0. The molecule has 12 aromatic rings. The fraction of sp³-hybridized carbons (Fsp3) is 0. The van der Waals surface area contributed by atoms with Crippen LogP contribution < -0.4 is 0 Å². The van der Waals surface area contributed by atoms with Crippen molar-refractivity contribution in [3.63, 3.8) is 0 Å². The smallest absolute Gasteiger partial charge is 0.165 e. The molecule has 0 radical (unpaired) electrons. The molecule has 0 aliphatic rings. The molecule has 4 heteroatoms. The first-order chi connectivity index (χ1) is 29.2. The van der Waals surface area contributed by atoms with E-state index in [0.29, 0.717) is 17.5 Å². The summed E-state index contributed by atoms with van der Waals surface area (Å²) in [6, 6.07) is 73.6. The Labute approximate surface area is 340 Å². The molecule has 0 unspecified atom stereocenters. The van der Waals surface area contributed by atoms with Gasteiger partial charge in [0.15, 0.2) is 17.5 Å². The number of para-hydroxylation sites is 1. The normalized spacial score (nSPS) is 11.7. The van der Waals surface area contributed by atoms with Gasteiger partial charge in [-0.2, -0.15) is 0 Å². The highest BCUT2D eigenvalue weighted by atomic mass is 15.0. The number of aromatic nitrogens is 4. The Hall–Kier alpha value is -7.95. The number of fused-ring (bicyclic) bond motifs is 7. The summed E-state index contributed by atoms with van der Waals surface area (Å²) in [6.45, 7) is 0. The fourth-order valence-electron chi connectivity index (χ4n) is 9.03. The molecule has 4 nitrogen and oxygen atoms in total. The molecule has 0 bridgehead atoms. The van der Waals surface area contributed by atoms with Crippen molar-refractivity contribution in [1.82, 2.24) is 19.5 Å². The van der Waals surface area contributed by atoms with Crippen LogP contribution >= 0.6 is 0 Å². The van der Waals surface area contributed by atoms with E-state index in [0.717, 1.165) is 66.1 Å². The maximum absolute atomic E-state index is 5.42. The van der Waals surface area contributed by atoms with Gasteiger partial charge in [0.1, 0.15) is 0 Å². The lowest BCUT2D eigenvalue weighted by Gasteiger charge is -2.20. The highest BCUT2D eigenvalue weighted by molar-refractivity contribution is 6.16. The van der Waals surface area contributed by atoms with Crippen LogP contribution in [0.15, 0.2) is 206 Å². The maximum atomic E-state index is 5.42. The van der Waals surface area contributed by atoms with Crippen LogP contribution in [0.2, 0.25) is 0 Å². The van der Waals surface area contributed by atoms with Crippen molar-refractivity contribution in [1.29, 1.82) is 0 Å². The van der Waals surface area contributed by atoms with E-state index in [1.54, 1.807) is 0 Å². The lowest BCUT2D eigenvalue weighted by Crippen LogP contribution is -2.04. The number of nitrogens with zero attached hydrogens (tertiary/aromatic N) is 4. The van der Waals surface area contributed by atoms with Crippen molar-refractivity contribution in [3.8, 4) is 51.0 Å². The molecule has 0 spiro atoms. The second-order valence-corrected chi connectivity index (χ2v) is 15.2. The number of hydrogen-bond donors (Lipinski definition) is 0. The predicted molar refractivity (Wildman–Crippen MR) is 246 cm³/mol. The maximum Gasteiger partial charge on any atom is 0.165 e. The summed E-state index contributed by atoms with van der Waals surface area (Å²) in [4.78, 5) is 16.0. The van der Waals surface area contributed by atoms with Gasteiger partial charge in [-0.25, -0.2) is 15.0 Å². The van der Waals surface area contributed by atoms with E-state index >= 15 is 0 Å². The van der Waals surface area contributed by atoms with Gasteiger partial charge >= 0.3 is 0 Å². The average molecular weight is 751 g/mol. The van der Waals surface area contributed by atoms with E-state index in [1.165, 1.54) is 32.3 Å². The number of rotatable bonds is 5. The average Bonchev–Trinajstić information content (AvgIpc) is 3.62. The topological polar surface area (TPSA) is 43.6 Å². The predicted octanol–water partition coefficient (Wildman–Crippen LogP) is 14.2. The summed E-state index contributed by atoms with van der Waals surface area (Å²) < 4.78 is 2.46. The van der Waals surface area contributed by atoms with Crippen molar-refractivity contribution >= 4 is 64.9 Å². The first kappa shape index (κ1) is 33.2. The van der Waals surface area contributed by atoms with Crippen molar-refractivity contribution in [2.45, 2.75) is 0 Å².